The number of para-hydroxylation sites is 2. The Morgan fingerprint density at radius 3 is 1.27 bits per heavy atom. The van der Waals surface area contributed by atoms with Crippen LogP contribution in [0.1, 0.15) is 26.7 Å². The molecule has 4 rings (SSSR count). The predicted molar refractivity (Wildman–Crippen MR) is 103 cm³/mol. The molecule has 0 atom stereocenters. The average molecular weight is 348 g/mol. The van der Waals surface area contributed by atoms with Gasteiger partial charge in [-0.1, -0.05) is 36.4 Å². The van der Waals surface area contributed by atoms with E-state index in [9.17, 15) is 9.59 Å². The minimum Gasteiger partial charge on any atom is -0.272 e. The summed E-state index contributed by atoms with van der Waals surface area (Å²) < 4.78 is 0. The molecule has 2 amide bonds. The Morgan fingerprint density at radius 2 is 1.00 bits per heavy atom. The summed E-state index contributed by atoms with van der Waals surface area (Å²) in [4.78, 5) is 22.8. The molecule has 0 saturated heterocycles. The molecule has 0 spiro atoms. The Balaban J connectivity index is 0.000000151. The van der Waals surface area contributed by atoms with Gasteiger partial charge in [0.1, 0.15) is 0 Å². The van der Waals surface area contributed by atoms with Crippen LogP contribution in [0.15, 0.2) is 70.9 Å². The van der Waals surface area contributed by atoms with E-state index in [1.165, 1.54) is 10.0 Å². The van der Waals surface area contributed by atoms with Crippen LogP contribution in [0.5, 0.6) is 0 Å². The third kappa shape index (κ3) is 4.03. The van der Waals surface area contributed by atoms with Crippen molar-refractivity contribution in [3.63, 3.8) is 0 Å². The number of carbonyl (C=O) groups excluding carboxylic acids is 2. The zero-order chi connectivity index (χ0) is 18.5. The topological polar surface area (TPSA) is 65.3 Å². The van der Waals surface area contributed by atoms with Crippen molar-refractivity contribution in [1.82, 2.24) is 0 Å². The van der Waals surface area contributed by atoms with Crippen molar-refractivity contribution in [2.75, 3.05) is 10.0 Å². The summed E-state index contributed by atoms with van der Waals surface area (Å²) in [6, 6.07) is 18.9. The molecule has 0 fully saturated rings. The van der Waals surface area contributed by atoms with E-state index in [2.05, 4.69) is 10.2 Å². The molecule has 0 unspecified atom stereocenters. The number of hydrogen-bond acceptors (Lipinski definition) is 4. The zero-order valence-corrected chi connectivity index (χ0v) is 14.8. The van der Waals surface area contributed by atoms with Gasteiger partial charge in [0.2, 0.25) is 0 Å². The third-order valence-electron chi connectivity index (χ3n) is 3.83. The monoisotopic (exact) mass is 348 g/mol. The molecular formula is C20H20N4O2. The number of benzene rings is 2. The van der Waals surface area contributed by atoms with Crippen molar-refractivity contribution in [2.45, 2.75) is 26.7 Å². The van der Waals surface area contributed by atoms with E-state index >= 15 is 0 Å². The summed E-state index contributed by atoms with van der Waals surface area (Å²) in [7, 11) is 0. The molecule has 0 N–H and O–H groups in total. The van der Waals surface area contributed by atoms with Crippen LogP contribution in [-0.4, -0.2) is 23.2 Å². The van der Waals surface area contributed by atoms with Gasteiger partial charge in [0.05, 0.1) is 24.2 Å². The summed E-state index contributed by atoms with van der Waals surface area (Å²) >= 11 is 0. The maximum Gasteiger partial charge on any atom is 0.253 e. The van der Waals surface area contributed by atoms with E-state index < -0.39 is 0 Å². The number of rotatable bonds is 2. The average Bonchev–Trinajstić information content (AvgIpc) is 3.17. The van der Waals surface area contributed by atoms with Gasteiger partial charge < -0.3 is 0 Å². The van der Waals surface area contributed by atoms with Gasteiger partial charge in [-0.3, -0.25) is 9.59 Å². The summed E-state index contributed by atoms with van der Waals surface area (Å²) in [5.74, 6) is 0.0902. The molecule has 6 heteroatoms. The molecule has 26 heavy (non-hydrogen) atoms. The van der Waals surface area contributed by atoms with Gasteiger partial charge in [0, 0.05) is 11.4 Å². The Labute approximate surface area is 152 Å². The van der Waals surface area contributed by atoms with Crippen molar-refractivity contribution >= 4 is 34.6 Å². The lowest BCUT2D eigenvalue weighted by Gasteiger charge is -2.10. The number of amides is 2. The fourth-order valence-corrected chi connectivity index (χ4v) is 2.65. The Kier molecular flexibility index (Phi) is 5.22. The molecule has 2 heterocycles. The Bertz CT molecular complexity index is 786. The van der Waals surface area contributed by atoms with Crippen LogP contribution >= 0.6 is 0 Å². The van der Waals surface area contributed by atoms with Gasteiger partial charge in [-0.05, 0) is 38.1 Å². The number of hydrogen-bond donors (Lipinski definition) is 0. The second kappa shape index (κ2) is 7.74. The highest BCUT2D eigenvalue weighted by atomic mass is 16.2. The van der Waals surface area contributed by atoms with Gasteiger partial charge in [-0.15, -0.1) is 0 Å². The van der Waals surface area contributed by atoms with E-state index in [1.807, 2.05) is 74.5 Å². The van der Waals surface area contributed by atoms with Crippen LogP contribution in [0.25, 0.3) is 0 Å². The van der Waals surface area contributed by atoms with Gasteiger partial charge in [0.15, 0.2) is 0 Å². The van der Waals surface area contributed by atoms with Crippen molar-refractivity contribution in [3.05, 3.63) is 60.7 Å². The van der Waals surface area contributed by atoms with E-state index in [-0.39, 0.29) is 11.8 Å². The van der Waals surface area contributed by atoms with E-state index in [0.717, 1.165) is 22.8 Å². The minimum atomic E-state index is 0.0451. The van der Waals surface area contributed by atoms with Crippen LogP contribution in [0.4, 0.5) is 11.4 Å². The first-order valence-corrected chi connectivity index (χ1v) is 8.39. The summed E-state index contributed by atoms with van der Waals surface area (Å²) in [5, 5.41) is 11.2. The van der Waals surface area contributed by atoms with Crippen LogP contribution in [0.3, 0.4) is 0 Å². The minimum absolute atomic E-state index is 0.0451. The molecule has 0 radical (unpaired) electrons. The van der Waals surface area contributed by atoms with Gasteiger partial charge in [-0.2, -0.15) is 10.2 Å². The lowest BCUT2D eigenvalue weighted by Crippen LogP contribution is -2.19. The Hall–Kier alpha value is -3.28. The molecule has 2 aliphatic rings. The number of anilines is 2. The predicted octanol–water partition coefficient (Wildman–Crippen LogP) is 3.60. The highest BCUT2D eigenvalue weighted by molar-refractivity contribution is 6.12. The maximum atomic E-state index is 11.4. The third-order valence-corrected chi connectivity index (χ3v) is 3.83. The molecule has 6 nitrogen and oxygen atoms in total. The maximum absolute atomic E-state index is 11.4. The molecule has 0 bridgehead atoms. The highest BCUT2D eigenvalue weighted by Gasteiger charge is 2.22. The fraction of sp³-hybridized carbons (Fsp3) is 0.200. The first-order chi connectivity index (χ1) is 12.5. The quantitative estimate of drug-likeness (QED) is 0.832. The summed E-state index contributed by atoms with van der Waals surface area (Å²) in [6.07, 6.45) is 0.879. The smallest absolute Gasteiger partial charge is 0.253 e. The molecule has 132 valence electrons. The SMILES string of the molecule is CC1=NN(c2ccccc2)C(=O)C1.CC1=NN(c2ccccc2)C(=O)C1. The van der Waals surface area contributed by atoms with E-state index in [0.29, 0.717) is 12.8 Å². The number of hydrazone groups is 2. The van der Waals surface area contributed by atoms with Gasteiger partial charge in [-0.25, -0.2) is 10.0 Å². The lowest BCUT2D eigenvalue weighted by atomic mass is 10.3. The Morgan fingerprint density at radius 1 is 0.654 bits per heavy atom. The van der Waals surface area contributed by atoms with Crippen LogP contribution in [0, 0.1) is 0 Å². The van der Waals surface area contributed by atoms with E-state index in [4.69, 9.17) is 0 Å². The molecule has 2 aromatic carbocycles. The van der Waals surface area contributed by atoms with Crippen molar-refractivity contribution in [3.8, 4) is 0 Å². The van der Waals surface area contributed by atoms with Crippen LogP contribution in [0.2, 0.25) is 0 Å². The van der Waals surface area contributed by atoms with E-state index in [1.54, 1.807) is 0 Å². The van der Waals surface area contributed by atoms with Crippen molar-refractivity contribution < 1.29 is 9.59 Å². The molecule has 2 aliphatic heterocycles. The summed E-state index contributed by atoms with van der Waals surface area (Å²) in [6.45, 7) is 3.72. The normalized spacial score (nSPS) is 16.2. The zero-order valence-electron chi connectivity index (χ0n) is 14.8. The van der Waals surface area contributed by atoms with Crippen LogP contribution < -0.4 is 10.0 Å². The summed E-state index contributed by atoms with van der Waals surface area (Å²) in [5.41, 5.74) is 3.41. The van der Waals surface area contributed by atoms with Crippen molar-refractivity contribution in [1.29, 1.82) is 0 Å². The fourth-order valence-electron chi connectivity index (χ4n) is 2.65. The number of carbonyl (C=O) groups is 2. The first-order valence-electron chi connectivity index (χ1n) is 8.39. The molecule has 0 saturated carbocycles. The largest absolute Gasteiger partial charge is 0.272 e. The van der Waals surface area contributed by atoms with Crippen molar-refractivity contribution in [2.24, 2.45) is 10.2 Å². The lowest BCUT2D eigenvalue weighted by molar-refractivity contribution is -0.117. The standard InChI is InChI=1S/2C10H10N2O/c2*1-8-7-10(13)12(11-8)9-5-3-2-4-6-9/h2*2-6H,7H2,1H3. The molecule has 0 aromatic heterocycles. The second-order valence-corrected chi connectivity index (χ2v) is 6.11. The molecule has 2 aromatic rings. The second-order valence-electron chi connectivity index (χ2n) is 6.11. The van der Waals surface area contributed by atoms with Gasteiger partial charge >= 0.3 is 0 Å². The van der Waals surface area contributed by atoms with Crippen LogP contribution in [-0.2, 0) is 9.59 Å². The highest BCUT2D eigenvalue weighted by Crippen LogP contribution is 2.20. The first kappa shape index (κ1) is 17.5. The molecule has 0 aliphatic carbocycles. The van der Waals surface area contributed by atoms with Gasteiger partial charge in [0.25, 0.3) is 11.8 Å². The molecular weight excluding hydrogens is 328 g/mol. The number of nitrogens with zero attached hydrogens (tertiary/aromatic N) is 4.